The number of carbonyl (C=O) groups excluding carboxylic acids is 1. The normalized spacial score (nSPS) is 12.8. The first-order chi connectivity index (χ1) is 13.1. The summed E-state index contributed by atoms with van der Waals surface area (Å²) in [6.07, 6.45) is -4.82. The van der Waals surface area contributed by atoms with Crippen molar-refractivity contribution in [2.45, 2.75) is 32.5 Å². The molecular formula is C18H16F3N3O3S. The average Bonchev–Trinajstić information content (AvgIpc) is 3.20. The zero-order valence-corrected chi connectivity index (χ0v) is 15.7. The summed E-state index contributed by atoms with van der Waals surface area (Å²) in [7, 11) is 0. The quantitative estimate of drug-likeness (QED) is 0.654. The van der Waals surface area contributed by atoms with Crippen LogP contribution in [0.3, 0.4) is 0 Å². The molecule has 1 unspecified atom stereocenters. The number of carbonyl (C=O) groups is 1. The highest BCUT2D eigenvalue weighted by Gasteiger charge is 2.30. The highest BCUT2D eigenvalue weighted by Crippen LogP contribution is 2.34. The van der Waals surface area contributed by atoms with Gasteiger partial charge in [0, 0.05) is 23.5 Å². The van der Waals surface area contributed by atoms with Gasteiger partial charge in [0.25, 0.3) is 5.91 Å². The van der Waals surface area contributed by atoms with Crippen molar-refractivity contribution >= 4 is 22.6 Å². The van der Waals surface area contributed by atoms with Crippen molar-refractivity contribution in [2.75, 3.05) is 5.32 Å². The van der Waals surface area contributed by atoms with Crippen molar-refractivity contribution in [3.05, 3.63) is 53.2 Å². The molecule has 0 fully saturated rings. The van der Waals surface area contributed by atoms with Crippen LogP contribution < -0.4 is 5.32 Å². The van der Waals surface area contributed by atoms with Crippen molar-refractivity contribution in [3.8, 4) is 11.1 Å². The fourth-order valence-corrected chi connectivity index (χ4v) is 3.15. The Bertz CT molecular complexity index is 995. The number of furan rings is 1. The summed E-state index contributed by atoms with van der Waals surface area (Å²) in [6.45, 7) is 3.16. The first kappa shape index (κ1) is 20.0. The van der Waals surface area contributed by atoms with Crippen LogP contribution >= 0.6 is 11.5 Å². The molecule has 6 nitrogen and oxygen atoms in total. The Labute approximate surface area is 162 Å². The smallest absolute Gasteiger partial charge is 0.416 e. The standard InChI is InChI=1S/C18H16F3N3O3S/c1-9(25)6-15-22-17(28-24-15)23-16(26)14-8-13(10(2)27-14)11-4-3-5-12(7-11)18(19,20)21/h3-5,7-9,25H,6H2,1-2H3,(H,22,23,24,26). The molecule has 0 spiro atoms. The molecule has 2 heterocycles. The summed E-state index contributed by atoms with van der Waals surface area (Å²) in [5.41, 5.74) is -0.0929. The molecule has 0 aliphatic rings. The monoisotopic (exact) mass is 411 g/mol. The van der Waals surface area contributed by atoms with Crippen LogP contribution in [0.15, 0.2) is 34.7 Å². The van der Waals surface area contributed by atoms with E-state index in [1.165, 1.54) is 18.2 Å². The van der Waals surface area contributed by atoms with Crippen LogP contribution in [-0.2, 0) is 12.6 Å². The number of aliphatic hydroxyl groups is 1. The van der Waals surface area contributed by atoms with E-state index in [-0.39, 0.29) is 17.3 Å². The van der Waals surface area contributed by atoms with Gasteiger partial charge in [0.1, 0.15) is 11.6 Å². The fourth-order valence-electron chi connectivity index (χ4n) is 2.55. The zero-order chi connectivity index (χ0) is 20.5. The van der Waals surface area contributed by atoms with Crippen molar-refractivity contribution in [3.63, 3.8) is 0 Å². The Balaban J connectivity index is 1.80. The van der Waals surface area contributed by atoms with E-state index in [1.807, 2.05) is 0 Å². The van der Waals surface area contributed by atoms with Gasteiger partial charge in [0.05, 0.1) is 11.7 Å². The molecule has 0 saturated carbocycles. The molecule has 28 heavy (non-hydrogen) atoms. The summed E-state index contributed by atoms with van der Waals surface area (Å²) in [5.74, 6) is 0.0605. The summed E-state index contributed by atoms with van der Waals surface area (Å²) < 4.78 is 48.2. The molecular weight excluding hydrogens is 395 g/mol. The van der Waals surface area contributed by atoms with Gasteiger partial charge < -0.3 is 9.52 Å². The number of aromatic nitrogens is 2. The number of rotatable bonds is 5. The molecule has 3 aromatic rings. The lowest BCUT2D eigenvalue weighted by Crippen LogP contribution is -2.11. The van der Waals surface area contributed by atoms with Crippen LogP contribution in [0.4, 0.5) is 18.3 Å². The van der Waals surface area contributed by atoms with E-state index in [0.29, 0.717) is 22.7 Å². The third-order valence-electron chi connectivity index (χ3n) is 3.81. The average molecular weight is 411 g/mol. The second-order valence-electron chi connectivity index (χ2n) is 6.18. The molecule has 0 aliphatic heterocycles. The summed E-state index contributed by atoms with van der Waals surface area (Å²) >= 11 is 0.956. The van der Waals surface area contributed by atoms with E-state index in [4.69, 9.17) is 4.42 Å². The molecule has 0 saturated heterocycles. The van der Waals surface area contributed by atoms with Gasteiger partial charge in [-0.1, -0.05) is 12.1 Å². The van der Waals surface area contributed by atoms with Crippen molar-refractivity contribution in [2.24, 2.45) is 0 Å². The van der Waals surface area contributed by atoms with Crippen molar-refractivity contribution in [1.29, 1.82) is 0 Å². The lowest BCUT2D eigenvalue weighted by molar-refractivity contribution is -0.137. The van der Waals surface area contributed by atoms with E-state index in [2.05, 4.69) is 14.7 Å². The molecule has 1 aromatic carbocycles. The third-order valence-corrected chi connectivity index (χ3v) is 4.48. The molecule has 1 atom stereocenters. The maximum absolute atomic E-state index is 12.9. The van der Waals surface area contributed by atoms with E-state index < -0.39 is 23.8 Å². The summed E-state index contributed by atoms with van der Waals surface area (Å²) in [6, 6.07) is 6.19. The number of alkyl halides is 3. The second-order valence-corrected chi connectivity index (χ2v) is 6.93. The van der Waals surface area contributed by atoms with Gasteiger partial charge in [-0.25, -0.2) is 4.98 Å². The van der Waals surface area contributed by atoms with Crippen LogP contribution in [0.5, 0.6) is 0 Å². The second kappa shape index (κ2) is 7.72. The molecule has 0 aliphatic carbocycles. The number of nitrogens with one attached hydrogen (secondary N) is 1. The zero-order valence-electron chi connectivity index (χ0n) is 14.9. The maximum atomic E-state index is 12.9. The maximum Gasteiger partial charge on any atom is 0.416 e. The summed E-state index contributed by atoms with van der Waals surface area (Å²) in [5, 5.41) is 12.1. The van der Waals surface area contributed by atoms with Crippen molar-refractivity contribution in [1.82, 2.24) is 9.36 Å². The Kier molecular flexibility index (Phi) is 5.52. The van der Waals surface area contributed by atoms with E-state index in [1.54, 1.807) is 13.8 Å². The summed E-state index contributed by atoms with van der Waals surface area (Å²) in [4.78, 5) is 16.5. The first-order valence-electron chi connectivity index (χ1n) is 8.23. The number of nitrogens with zero attached hydrogens (tertiary/aromatic N) is 2. The van der Waals surface area contributed by atoms with Crippen LogP contribution in [0, 0.1) is 6.92 Å². The third kappa shape index (κ3) is 4.57. The molecule has 148 valence electrons. The van der Waals surface area contributed by atoms with Crippen LogP contribution in [0.25, 0.3) is 11.1 Å². The van der Waals surface area contributed by atoms with Gasteiger partial charge in [-0.05, 0) is 37.6 Å². The predicted molar refractivity (Wildman–Crippen MR) is 97.1 cm³/mol. The van der Waals surface area contributed by atoms with Gasteiger partial charge in [-0.3, -0.25) is 10.1 Å². The minimum atomic E-state index is -4.46. The van der Waals surface area contributed by atoms with Gasteiger partial charge >= 0.3 is 6.18 Å². The topological polar surface area (TPSA) is 88.2 Å². The first-order valence-corrected chi connectivity index (χ1v) is 9.01. The van der Waals surface area contributed by atoms with Gasteiger partial charge in [-0.2, -0.15) is 17.5 Å². The molecule has 2 aromatic heterocycles. The van der Waals surface area contributed by atoms with Gasteiger partial charge in [0.15, 0.2) is 5.76 Å². The SMILES string of the molecule is Cc1oc(C(=O)Nc2nc(CC(C)O)ns2)cc1-c1cccc(C(F)(F)F)c1. The Morgan fingerprint density at radius 1 is 1.36 bits per heavy atom. The lowest BCUT2D eigenvalue weighted by atomic mass is 10.0. The number of hydrogen-bond acceptors (Lipinski definition) is 6. The number of amides is 1. The van der Waals surface area contributed by atoms with E-state index >= 15 is 0 Å². The van der Waals surface area contributed by atoms with E-state index in [9.17, 15) is 23.1 Å². The Hall–Kier alpha value is -2.72. The van der Waals surface area contributed by atoms with E-state index in [0.717, 1.165) is 23.7 Å². The van der Waals surface area contributed by atoms with Gasteiger partial charge in [0.2, 0.25) is 5.13 Å². The van der Waals surface area contributed by atoms with Gasteiger partial charge in [-0.15, -0.1) is 0 Å². The minimum Gasteiger partial charge on any atom is -0.456 e. The molecule has 1 amide bonds. The number of anilines is 1. The van der Waals surface area contributed by atoms with Crippen LogP contribution in [0.2, 0.25) is 0 Å². The Morgan fingerprint density at radius 2 is 2.11 bits per heavy atom. The number of halogens is 3. The largest absolute Gasteiger partial charge is 0.456 e. The molecule has 3 rings (SSSR count). The van der Waals surface area contributed by atoms with Crippen LogP contribution in [-0.4, -0.2) is 26.5 Å². The van der Waals surface area contributed by atoms with Crippen LogP contribution in [0.1, 0.15) is 34.6 Å². The highest BCUT2D eigenvalue weighted by molar-refractivity contribution is 7.09. The number of benzene rings is 1. The predicted octanol–water partition coefficient (Wildman–Crippen LogP) is 4.30. The minimum absolute atomic E-state index is 0.0582. The Morgan fingerprint density at radius 3 is 2.79 bits per heavy atom. The number of aryl methyl sites for hydroxylation is 1. The molecule has 10 heteroatoms. The molecule has 2 N–H and O–H groups in total. The highest BCUT2D eigenvalue weighted by atomic mass is 32.1. The number of hydrogen-bond donors (Lipinski definition) is 2. The van der Waals surface area contributed by atoms with Crippen molar-refractivity contribution < 1.29 is 27.5 Å². The molecule has 0 bridgehead atoms. The lowest BCUT2D eigenvalue weighted by Gasteiger charge is -2.08. The number of aliphatic hydroxyl groups excluding tert-OH is 1. The molecule has 0 radical (unpaired) electrons. The fraction of sp³-hybridized carbons (Fsp3) is 0.278.